The lowest BCUT2D eigenvalue weighted by Crippen LogP contribution is -2.40. The molecule has 0 aliphatic carbocycles. The van der Waals surface area contributed by atoms with E-state index >= 15 is 0 Å². The van der Waals surface area contributed by atoms with Gasteiger partial charge in [0.05, 0.1) is 11.5 Å². The highest BCUT2D eigenvalue weighted by Crippen LogP contribution is 2.14. The number of hydrogen-bond acceptors (Lipinski definition) is 4. The van der Waals surface area contributed by atoms with E-state index in [0.29, 0.717) is 19.6 Å². The molecule has 1 atom stereocenters. The van der Waals surface area contributed by atoms with Crippen molar-refractivity contribution in [1.82, 2.24) is 4.72 Å². The van der Waals surface area contributed by atoms with Crippen LogP contribution < -0.4 is 4.72 Å². The molecule has 2 rings (SSSR count). The van der Waals surface area contributed by atoms with E-state index in [1.165, 1.54) is 0 Å². The van der Waals surface area contributed by atoms with E-state index in [1.54, 1.807) is 24.3 Å². The Hall–Kier alpha value is -0.950. The van der Waals surface area contributed by atoms with Crippen molar-refractivity contribution in [2.24, 2.45) is 0 Å². The molecule has 1 fully saturated rings. The van der Waals surface area contributed by atoms with Crippen LogP contribution in [-0.4, -0.2) is 39.4 Å². The molecule has 19 heavy (non-hydrogen) atoms. The number of nitrogens with one attached hydrogen (secondary N) is 1. The summed E-state index contributed by atoms with van der Waals surface area (Å²) < 4.78 is 32.2. The van der Waals surface area contributed by atoms with Crippen LogP contribution in [0.15, 0.2) is 29.2 Å². The average molecular weight is 285 g/mol. The van der Waals surface area contributed by atoms with Gasteiger partial charge < -0.3 is 9.84 Å². The third-order valence-corrected chi connectivity index (χ3v) is 4.65. The lowest BCUT2D eigenvalue weighted by Gasteiger charge is -2.23. The largest absolute Gasteiger partial charge is 0.396 e. The van der Waals surface area contributed by atoms with Gasteiger partial charge in [0.1, 0.15) is 0 Å². The molecule has 6 heteroatoms. The molecule has 0 bridgehead atoms. The van der Waals surface area contributed by atoms with Gasteiger partial charge in [-0.05, 0) is 37.0 Å². The predicted octanol–water partition coefficient (Wildman–Crippen LogP) is 0.679. The smallest absolute Gasteiger partial charge is 0.240 e. The number of aliphatic hydroxyl groups excluding tert-OH is 1. The summed E-state index contributed by atoms with van der Waals surface area (Å²) in [6.07, 6.45) is 2.22. The fourth-order valence-electron chi connectivity index (χ4n) is 2.09. The molecular weight excluding hydrogens is 266 g/mol. The number of aliphatic hydroxyl groups is 1. The summed E-state index contributed by atoms with van der Waals surface area (Å²) in [5.74, 6) is 0. The topological polar surface area (TPSA) is 75.6 Å². The first kappa shape index (κ1) is 14.5. The van der Waals surface area contributed by atoms with E-state index < -0.39 is 10.0 Å². The molecule has 0 aromatic heterocycles. The van der Waals surface area contributed by atoms with Crippen LogP contribution in [0.3, 0.4) is 0 Å². The first-order chi connectivity index (χ1) is 9.12. The Kier molecular flexibility index (Phi) is 4.93. The van der Waals surface area contributed by atoms with Crippen molar-refractivity contribution in [3.8, 4) is 0 Å². The lowest BCUT2D eigenvalue weighted by atomic mass is 10.1. The van der Waals surface area contributed by atoms with Crippen LogP contribution in [-0.2, 0) is 21.2 Å². The van der Waals surface area contributed by atoms with Gasteiger partial charge in [-0.1, -0.05) is 12.1 Å². The third kappa shape index (κ3) is 4.01. The summed E-state index contributed by atoms with van der Waals surface area (Å²) in [5, 5.41) is 8.82. The maximum atomic E-state index is 12.2. The zero-order valence-corrected chi connectivity index (χ0v) is 11.5. The first-order valence-corrected chi connectivity index (χ1v) is 7.90. The van der Waals surface area contributed by atoms with E-state index in [9.17, 15) is 8.42 Å². The molecule has 1 aromatic carbocycles. The quantitative estimate of drug-likeness (QED) is 0.834. The fraction of sp³-hybridized carbons (Fsp3) is 0.538. The molecule has 106 valence electrons. The van der Waals surface area contributed by atoms with Gasteiger partial charge in [-0.15, -0.1) is 0 Å². The summed E-state index contributed by atoms with van der Waals surface area (Å²) in [6, 6.07) is 6.44. The Bertz CT molecular complexity index is 492. The van der Waals surface area contributed by atoms with E-state index in [2.05, 4.69) is 4.72 Å². The standard InChI is InChI=1S/C13H19NO4S/c15-8-7-11-3-5-13(6-4-11)19(16,17)14-12-2-1-9-18-10-12/h3-6,12,14-15H,1-2,7-10H2. The van der Waals surface area contributed by atoms with Gasteiger partial charge in [-0.2, -0.15) is 0 Å². The Labute approximate surface area is 113 Å². The molecular formula is C13H19NO4S. The van der Waals surface area contributed by atoms with Gasteiger partial charge in [0.25, 0.3) is 0 Å². The zero-order chi connectivity index (χ0) is 13.7. The van der Waals surface area contributed by atoms with Gasteiger partial charge in [-0.25, -0.2) is 13.1 Å². The molecule has 1 aromatic rings. The number of benzene rings is 1. The SMILES string of the molecule is O=S(=O)(NC1CCCOC1)c1ccc(CCO)cc1. The van der Waals surface area contributed by atoms with Gasteiger partial charge >= 0.3 is 0 Å². The molecule has 1 aliphatic rings. The van der Waals surface area contributed by atoms with Gasteiger partial charge in [0.2, 0.25) is 10.0 Å². The van der Waals surface area contributed by atoms with Crippen molar-refractivity contribution >= 4 is 10.0 Å². The van der Waals surface area contributed by atoms with Crippen LogP contribution in [0, 0.1) is 0 Å². The van der Waals surface area contributed by atoms with Crippen LogP contribution >= 0.6 is 0 Å². The van der Waals surface area contributed by atoms with Gasteiger partial charge in [0.15, 0.2) is 0 Å². The van der Waals surface area contributed by atoms with Crippen LogP contribution in [0.1, 0.15) is 18.4 Å². The molecule has 0 spiro atoms. The monoisotopic (exact) mass is 285 g/mol. The lowest BCUT2D eigenvalue weighted by molar-refractivity contribution is 0.0774. The van der Waals surface area contributed by atoms with E-state index in [0.717, 1.165) is 18.4 Å². The molecule has 2 N–H and O–H groups in total. The predicted molar refractivity (Wildman–Crippen MR) is 71.4 cm³/mol. The molecule has 1 unspecified atom stereocenters. The van der Waals surface area contributed by atoms with Gasteiger partial charge in [-0.3, -0.25) is 0 Å². The first-order valence-electron chi connectivity index (χ1n) is 6.42. The maximum Gasteiger partial charge on any atom is 0.240 e. The summed E-state index contributed by atoms with van der Waals surface area (Å²) in [4.78, 5) is 0.250. The number of sulfonamides is 1. The Balaban J connectivity index is 2.05. The van der Waals surface area contributed by atoms with Crippen LogP contribution in [0.4, 0.5) is 0 Å². The minimum Gasteiger partial charge on any atom is -0.396 e. The summed E-state index contributed by atoms with van der Waals surface area (Å²) in [6.45, 7) is 1.19. The third-order valence-electron chi connectivity index (χ3n) is 3.12. The van der Waals surface area contributed by atoms with Crippen LogP contribution in [0.2, 0.25) is 0 Å². The molecule has 1 heterocycles. The molecule has 0 radical (unpaired) electrons. The second-order valence-electron chi connectivity index (χ2n) is 4.65. The fourth-order valence-corrected chi connectivity index (χ4v) is 3.34. The Morgan fingerprint density at radius 2 is 2.05 bits per heavy atom. The number of ether oxygens (including phenoxy) is 1. The van der Waals surface area contributed by atoms with Crippen molar-refractivity contribution in [3.63, 3.8) is 0 Å². The van der Waals surface area contributed by atoms with Crippen LogP contribution in [0.5, 0.6) is 0 Å². The van der Waals surface area contributed by atoms with Crippen LogP contribution in [0.25, 0.3) is 0 Å². The number of hydrogen-bond donors (Lipinski definition) is 2. The minimum absolute atomic E-state index is 0.0593. The van der Waals surface area contributed by atoms with Crippen molar-refractivity contribution in [2.45, 2.75) is 30.2 Å². The minimum atomic E-state index is -3.48. The summed E-state index contributed by atoms with van der Waals surface area (Å²) in [5.41, 5.74) is 0.919. The second-order valence-corrected chi connectivity index (χ2v) is 6.37. The molecule has 1 aliphatic heterocycles. The second kappa shape index (κ2) is 6.47. The highest BCUT2D eigenvalue weighted by Gasteiger charge is 2.22. The Morgan fingerprint density at radius 3 is 2.63 bits per heavy atom. The maximum absolute atomic E-state index is 12.2. The van der Waals surface area contributed by atoms with Crippen molar-refractivity contribution in [1.29, 1.82) is 0 Å². The summed E-state index contributed by atoms with van der Waals surface area (Å²) in [7, 11) is -3.48. The zero-order valence-electron chi connectivity index (χ0n) is 10.7. The number of rotatable bonds is 5. The van der Waals surface area contributed by atoms with Crippen molar-refractivity contribution < 1.29 is 18.3 Å². The average Bonchev–Trinajstić information content (AvgIpc) is 2.40. The van der Waals surface area contributed by atoms with Crippen molar-refractivity contribution in [3.05, 3.63) is 29.8 Å². The Morgan fingerprint density at radius 1 is 1.32 bits per heavy atom. The normalized spacial score (nSPS) is 20.4. The van der Waals surface area contributed by atoms with E-state index in [4.69, 9.17) is 9.84 Å². The van der Waals surface area contributed by atoms with Gasteiger partial charge in [0, 0.05) is 19.3 Å². The van der Waals surface area contributed by atoms with E-state index in [-0.39, 0.29) is 17.5 Å². The van der Waals surface area contributed by atoms with Crippen molar-refractivity contribution in [2.75, 3.05) is 19.8 Å². The summed E-state index contributed by atoms with van der Waals surface area (Å²) >= 11 is 0. The highest BCUT2D eigenvalue weighted by atomic mass is 32.2. The molecule has 0 saturated carbocycles. The molecule has 1 saturated heterocycles. The molecule has 0 amide bonds. The highest BCUT2D eigenvalue weighted by molar-refractivity contribution is 7.89. The molecule has 5 nitrogen and oxygen atoms in total. The van der Waals surface area contributed by atoms with E-state index in [1.807, 2.05) is 0 Å².